The van der Waals surface area contributed by atoms with Crippen LogP contribution in [0, 0.1) is 6.92 Å². The van der Waals surface area contributed by atoms with E-state index < -0.39 is 5.97 Å². The first-order chi connectivity index (χ1) is 10.6. The molecule has 0 bridgehead atoms. The smallest absolute Gasteiger partial charge is 0.305 e. The number of fused-ring (bicyclic) bond motifs is 1. The summed E-state index contributed by atoms with van der Waals surface area (Å²) in [5, 5.41) is 10.1. The lowest BCUT2D eigenvalue weighted by Gasteiger charge is -2.23. The third-order valence-electron chi connectivity index (χ3n) is 4.45. The molecule has 3 rings (SSSR count). The highest BCUT2D eigenvalue weighted by Gasteiger charge is 2.30. The van der Waals surface area contributed by atoms with E-state index in [4.69, 9.17) is 5.11 Å². The minimum absolute atomic E-state index is 0.0212. The standard InChI is InChI=1S/C17H20N2O3/c1-11-4-2-6-14-17(11)12(10-18-14)8-15(20)19-7-3-5-13(19)9-16(21)22/h2,4,6,10,13,18H,3,5,7-9H2,1H3,(H,21,22). The van der Waals surface area contributed by atoms with Crippen molar-refractivity contribution >= 4 is 22.8 Å². The van der Waals surface area contributed by atoms with Gasteiger partial charge in [0.1, 0.15) is 0 Å². The molecule has 0 radical (unpaired) electrons. The van der Waals surface area contributed by atoms with Gasteiger partial charge in [-0.3, -0.25) is 9.59 Å². The van der Waals surface area contributed by atoms with Crippen LogP contribution < -0.4 is 0 Å². The second-order valence-electron chi connectivity index (χ2n) is 5.97. The number of hydrogen-bond donors (Lipinski definition) is 2. The molecule has 1 unspecified atom stereocenters. The number of carbonyl (C=O) groups excluding carboxylic acids is 1. The van der Waals surface area contributed by atoms with Crippen molar-refractivity contribution in [3.63, 3.8) is 0 Å². The number of nitrogens with one attached hydrogen (secondary N) is 1. The molecule has 1 saturated heterocycles. The summed E-state index contributed by atoms with van der Waals surface area (Å²) in [7, 11) is 0. The molecule has 1 fully saturated rings. The van der Waals surface area contributed by atoms with Gasteiger partial charge in [-0.05, 0) is 37.0 Å². The summed E-state index contributed by atoms with van der Waals surface area (Å²) in [5.41, 5.74) is 3.16. The largest absolute Gasteiger partial charge is 0.481 e. The van der Waals surface area contributed by atoms with Crippen molar-refractivity contribution < 1.29 is 14.7 Å². The summed E-state index contributed by atoms with van der Waals surface area (Å²) >= 11 is 0. The van der Waals surface area contributed by atoms with Gasteiger partial charge in [-0.2, -0.15) is 0 Å². The van der Waals surface area contributed by atoms with Crippen LogP contribution in [0.25, 0.3) is 10.9 Å². The third kappa shape index (κ3) is 2.71. The topological polar surface area (TPSA) is 73.4 Å². The van der Waals surface area contributed by atoms with Gasteiger partial charge in [0, 0.05) is 29.7 Å². The molecule has 1 aromatic heterocycles. The number of aliphatic carboxylic acids is 1. The Morgan fingerprint density at radius 2 is 2.23 bits per heavy atom. The summed E-state index contributed by atoms with van der Waals surface area (Å²) in [6.07, 6.45) is 3.92. The Bertz CT molecular complexity index is 720. The first-order valence-electron chi connectivity index (χ1n) is 7.63. The average Bonchev–Trinajstić information content (AvgIpc) is 3.06. The molecule has 2 heterocycles. The number of rotatable bonds is 4. The number of aromatic amines is 1. The van der Waals surface area contributed by atoms with Gasteiger partial charge < -0.3 is 15.0 Å². The number of aromatic nitrogens is 1. The van der Waals surface area contributed by atoms with Crippen LogP contribution in [0.4, 0.5) is 0 Å². The minimum atomic E-state index is -0.840. The summed E-state index contributed by atoms with van der Waals surface area (Å²) in [6, 6.07) is 5.87. The summed E-state index contributed by atoms with van der Waals surface area (Å²) < 4.78 is 0. The van der Waals surface area contributed by atoms with Crippen molar-refractivity contribution in [1.82, 2.24) is 9.88 Å². The Morgan fingerprint density at radius 3 is 3.00 bits per heavy atom. The lowest BCUT2D eigenvalue weighted by atomic mass is 10.0. The molecule has 1 aliphatic heterocycles. The maximum atomic E-state index is 12.6. The molecule has 116 valence electrons. The number of H-pyrrole nitrogens is 1. The number of hydrogen-bond acceptors (Lipinski definition) is 2. The Morgan fingerprint density at radius 1 is 1.41 bits per heavy atom. The lowest BCUT2D eigenvalue weighted by Crippen LogP contribution is -2.37. The lowest BCUT2D eigenvalue weighted by molar-refractivity contribution is -0.139. The van der Waals surface area contributed by atoms with Crippen molar-refractivity contribution in [2.45, 2.75) is 38.6 Å². The highest BCUT2D eigenvalue weighted by molar-refractivity contribution is 5.91. The van der Waals surface area contributed by atoms with Crippen LogP contribution in [0.3, 0.4) is 0 Å². The molecule has 0 saturated carbocycles. The highest BCUT2D eigenvalue weighted by Crippen LogP contribution is 2.25. The normalized spacial score (nSPS) is 18.0. The SMILES string of the molecule is Cc1cccc2[nH]cc(CC(=O)N3CCCC3CC(=O)O)c12. The molecule has 1 amide bonds. The Balaban J connectivity index is 1.80. The van der Waals surface area contributed by atoms with Crippen molar-refractivity contribution in [3.8, 4) is 0 Å². The minimum Gasteiger partial charge on any atom is -0.481 e. The number of carbonyl (C=O) groups is 2. The molecule has 5 heteroatoms. The molecular weight excluding hydrogens is 280 g/mol. The molecule has 1 atom stereocenters. The van der Waals surface area contributed by atoms with Gasteiger partial charge >= 0.3 is 5.97 Å². The zero-order valence-corrected chi connectivity index (χ0v) is 12.6. The van der Waals surface area contributed by atoms with E-state index in [-0.39, 0.29) is 18.4 Å². The fraction of sp³-hybridized carbons (Fsp3) is 0.412. The number of carboxylic acid groups (broad SMARTS) is 1. The average molecular weight is 300 g/mol. The van der Waals surface area contributed by atoms with Gasteiger partial charge in [0.25, 0.3) is 0 Å². The number of likely N-dealkylation sites (tertiary alicyclic amines) is 1. The fourth-order valence-corrected chi connectivity index (χ4v) is 3.43. The van der Waals surface area contributed by atoms with E-state index in [0.717, 1.165) is 34.9 Å². The van der Waals surface area contributed by atoms with Crippen LogP contribution in [0.1, 0.15) is 30.4 Å². The van der Waals surface area contributed by atoms with Crippen molar-refractivity contribution in [2.24, 2.45) is 0 Å². The summed E-state index contributed by atoms with van der Waals surface area (Å²) in [5.74, 6) is -0.819. The molecule has 2 N–H and O–H groups in total. The van der Waals surface area contributed by atoms with Crippen LogP contribution >= 0.6 is 0 Å². The number of carboxylic acids is 1. The first kappa shape index (κ1) is 14.6. The number of benzene rings is 1. The maximum absolute atomic E-state index is 12.6. The van der Waals surface area contributed by atoms with Crippen LogP contribution in [0.15, 0.2) is 24.4 Å². The van der Waals surface area contributed by atoms with E-state index in [1.807, 2.05) is 31.3 Å². The predicted octanol–water partition coefficient (Wildman–Crippen LogP) is 2.48. The molecule has 22 heavy (non-hydrogen) atoms. The number of aryl methyl sites for hydroxylation is 1. The van der Waals surface area contributed by atoms with Gasteiger partial charge in [-0.15, -0.1) is 0 Å². The zero-order valence-electron chi connectivity index (χ0n) is 12.6. The van der Waals surface area contributed by atoms with E-state index in [9.17, 15) is 9.59 Å². The van der Waals surface area contributed by atoms with E-state index in [2.05, 4.69) is 4.98 Å². The third-order valence-corrected chi connectivity index (χ3v) is 4.45. The van der Waals surface area contributed by atoms with Crippen molar-refractivity contribution in [3.05, 3.63) is 35.5 Å². The summed E-state index contributed by atoms with van der Waals surface area (Å²) in [4.78, 5) is 28.4. The Kier molecular flexibility index (Phi) is 3.88. The quantitative estimate of drug-likeness (QED) is 0.911. The van der Waals surface area contributed by atoms with Gasteiger partial charge in [0.2, 0.25) is 5.91 Å². The zero-order chi connectivity index (χ0) is 15.7. The molecule has 2 aromatic rings. The summed E-state index contributed by atoms with van der Waals surface area (Å²) in [6.45, 7) is 2.70. The first-order valence-corrected chi connectivity index (χ1v) is 7.63. The van der Waals surface area contributed by atoms with Crippen LogP contribution in [0.5, 0.6) is 0 Å². The molecule has 0 spiro atoms. The van der Waals surface area contributed by atoms with Gasteiger partial charge in [-0.25, -0.2) is 0 Å². The second-order valence-corrected chi connectivity index (χ2v) is 5.97. The Labute approximate surface area is 128 Å². The maximum Gasteiger partial charge on any atom is 0.305 e. The second kappa shape index (κ2) is 5.83. The molecule has 1 aromatic carbocycles. The van der Waals surface area contributed by atoms with E-state index >= 15 is 0 Å². The van der Waals surface area contributed by atoms with E-state index in [0.29, 0.717) is 13.0 Å². The van der Waals surface area contributed by atoms with Crippen LogP contribution in [-0.2, 0) is 16.0 Å². The number of nitrogens with zero attached hydrogens (tertiary/aromatic N) is 1. The van der Waals surface area contributed by atoms with E-state index in [1.54, 1.807) is 4.90 Å². The molecule has 1 aliphatic rings. The predicted molar refractivity (Wildman–Crippen MR) is 83.7 cm³/mol. The van der Waals surface area contributed by atoms with Gasteiger partial charge in [-0.1, -0.05) is 12.1 Å². The van der Waals surface area contributed by atoms with Gasteiger partial charge in [0.05, 0.1) is 12.8 Å². The van der Waals surface area contributed by atoms with Crippen molar-refractivity contribution in [1.29, 1.82) is 0 Å². The van der Waals surface area contributed by atoms with Crippen LogP contribution in [0.2, 0.25) is 0 Å². The van der Waals surface area contributed by atoms with Gasteiger partial charge in [0.15, 0.2) is 0 Å². The van der Waals surface area contributed by atoms with Crippen molar-refractivity contribution in [2.75, 3.05) is 6.54 Å². The molecule has 0 aliphatic carbocycles. The Hall–Kier alpha value is -2.30. The van der Waals surface area contributed by atoms with E-state index in [1.165, 1.54) is 0 Å². The fourth-order valence-electron chi connectivity index (χ4n) is 3.43. The number of amides is 1. The van der Waals surface area contributed by atoms with Crippen LogP contribution in [-0.4, -0.2) is 39.5 Å². The molecule has 5 nitrogen and oxygen atoms in total. The molecular formula is C17H20N2O3. The highest BCUT2D eigenvalue weighted by atomic mass is 16.4. The monoisotopic (exact) mass is 300 g/mol.